The van der Waals surface area contributed by atoms with Crippen LogP contribution < -0.4 is 0 Å². The van der Waals surface area contributed by atoms with Crippen LogP contribution in [-0.2, 0) is 13.1 Å². The van der Waals surface area contributed by atoms with Gasteiger partial charge >= 0.3 is 0 Å². The SMILES string of the molecule is CCn1cc(CN2CCC(CO)C2)cn1. The van der Waals surface area contributed by atoms with E-state index in [1.807, 2.05) is 10.9 Å². The lowest BCUT2D eigenvalue weighted by molar-refractivity contribution is 0.220. The fourth-order valence-electron chi connectivity index (χ4n) is 2.12. The van der Waals surface area contributed by atoms with E-state index in [0.29, 0.717) is 12.5 Å². The Morgan fingerprint density at radius 2 is 2.47 bits per heavy atom. The molecule has 1 fully saturated rings. The summed E-state index contributed by atoms with van der Waals surface area (Å²) in [5, 5.41) is 13.3. The molecule has 0 saturated carbocycles. The standard InChI is InChI=1S/C11H19N3O/c1-2-14-8-11(5-12-14)7-13-4-3-10(6-13)9-15/h5,8,10,15H,2-4,6-7,9H2,1H3. The quantitative estimate of drug-likeness (QED) is 0.794. The second kappa shape index (κ2) is 4.77. The van der Waals surface area contributed by atoms with E-state index < -0.39 is 0 Å². The molecule has 0 aliphatic carbocycles. The van der Waals surface area contributed by atoms with E-state index in [0.717, 1.165) is 32.6 Å². The van der Waals surface area contributed by atoms with Crippen molar-refractivity contribution in [1.29, 1.82) is 0 Å². The van der Waals surface area contributed by atoms with Gasteiger partial charge in [-0.25, -0.2) is 0 Å². The lowest BCUT2D eigenvalue weighted by Gasteiger charge is -2.13. The highest BCUT2D eigenvalue weighted by atomic mass is 16.3. The van der Waals surface area contributed by atoms with Gasteiger partial charge in [0.05, 0.1) is 6.20 Å². The van der Waals surface area contributed by atoms with E-state index in [2.05, 4.69) is 23.1 Å². The first-order valence-electron chi connectivity index (χ1n) is 5.66. The molecule has 84 valence electrons. The van der Waals surface area contributed by atoms with Gasteiger partial charge in [-0.05, 0) is 25.8 Å². The number of hydrogen-bond acceptors (Lipinski definition) is 3. The summed E-state index contributed by atoms with van der Waals surface area (Å²) in [6, 6.07) is 0. The van der Waals surface area contributed by atoms with Crippen molar-refractivity contribution in [3.05, 3.63) is 18.0 Å². The van der Waals surface area contributed by atoms with Crippen LogP contribution in [0.2, 0.25) is 0 Å². The minimum atomic E-state index is 0.324. The Labute approximate surface area is 90.5 Å². The van der Waals surface area contributed by atoms with Gasteiger partial charge in [0.2, 0.25) is 0 Å². The minimum Gasteiger partial charge on any atom is -0.396 e. The highest BCUT2D eigenvalue weighted by Crippen LogP contribution is 2.17. The maximum Gasteiger partial charge on any atom is 0.0534 e. The van der Waals surface area contributed by atoms with Crippen molar-refractivity contribution in [2.45, 2.75) is 26.4 Å². The third-order valence-corrected chi connectivity index (χ3v) is 3.05. The maximum absolute atomic E-state index is 9.05. The van der Waals surface area contributed by atoms with Crippen LogP contribution >= 0.6 is 0 Å². The molecular weight excluding hydrogens is 190 g/mol. The van der Waals surface area contributed by atoms with E-state index in [9.17, 15) is 0 Å². The first-order valence-corrected chi connectivity index (χ1v) is 5.66. The van der Waals surface area contributed by atoms with E-state index in [-0.39, 0.29) is 0 Å². The average Bonchev–Trinajstić information content (AvgIpc) is 2.87. The van der Waals surface area contributed by atoms with Gasteiger partial charge in [0.1, 0.15) is 0 Å². The summed E-state index contributed by atoms with van der Waals surface area (Å²) in [6.07, 6.45) is 5.17. The first kappa shape index (κ1) is 10.6. The van der Waals surface area contributed by atoms with Gasteiger partial charge in [-0.2, -0.15) is 5.10 Å². The van der Waals surface area contributed by atoms with Crippen molar-refractivity contribution in [1.82, 2.24) is 14.7 Å². The van der Waals surface area contributed by atoms with Crippen molar-refractivity contribution >= 4 is 0 Å². The molecule has 1 aromatic rings. The van der Waals surface area contributed by atoms with Crippen LogP contribution in [0.3, 0.4) is 0 Å². The summed E-state index contributed by atoms with van der Waals surface area (Å²) >= 11 is 0. The Balaban J connectivity index is 1.87. The number of aromatic nitrogens is 2. The molecule has 0 radical (unpaired) electrons. The van der Waals surface area contributed by atoms with E-state index in [4.69, 9.17) is 5.11 Å². The Kier molecular flexibility index (Phi) is 3.38. The van der Waals surface area contributed by atoms with Gasteiger partial charge in [-0.15, -0.1) is 0 Å². The third-order valence-electron chi connectivity index (χ3n) is 3.05. The molecule has 0 bridgehead atoms. The summed E-state index contributed by atoms with van der Waals surface area (Å²) < 4.78 is 1.95. The molecule has 1 aromatic heterocycles. The Hall–Kier alpha value is -0.870. The lowest BCUT2D eigenvalue weighted by Crippen LogP contribution is -2.20. The molecule has 4 nitrogen and oxygen atoms in total. The Bertz CT molecular complexity index is 311. The topological polar surface area (TPSA) is 41.3 Å². The number of hydrogen-bond donors (Lipinski definition) is 1. The molecule has 0 amide bonds. The van der Waals surface area contributed by atoms with Gasteiger partial charge in [0.25, 0.3) is 0 Å². The number of aliphatic hydroxyl groups is 1. The molecule has 1 saturated heterocycles. The molecule has 1 aliphatic heterocycles. The molecule has 2 rings (SSSR count). The zero-order valence-electron chi connectivity index (χ0n) is 9.26. The van der Waals surface area contributed by atoms with Crippen LogP contribution in [0.1, 0.15) is 18.9 Å². The fraction of sp³-hybridized carbons (Fsp3) is 0.727. The lowest BCUT2D eigenvalue weighted by atomic mass is 10.1. The summed E-state index contributed by atoms with van der Waals surface area (Å²) in [5.41, 5.74) is 1.27. The zero-order chi connectivity index (χ0) is 10.7. The largest absolute Gasteiger partial charge is 0.396 e. The van der Waals surface area contributed by atoms with Crippen molar-refractivity contribution in [3.63, 3.8) is 0 Å². The van der Waals surface area contributed by atoms with Gasteiger partial charge < -0.3 is 5.11 Å². The second-order valence-corrected chi connectivity index (χ2v) is 4.28. The predicted octanol–water partition coefficient (Wildman–Crippen LogP) is 0.717. The maximum atomic E-state index is 9.05. The molecule has 15 heavy (non-hydrogen) atoms. The molecule has 4 heteroatoms. The fourth-order valence-corrected chi connectivity index (χ4v) is 2.12. The molecule has 1 aliphatic rings. The van der Waals surface area contributed by atoms with E-state index in [1.165, 1.54) is 5.56 Å². The van der Waals surface area contributed by atoms with Crippen LogP contribution in [0, 0.1) is 5.92 Å². The number of rotatable bonds is 4. The van der Waals surface area contributed by atoms with Crippen molar-refractivity contribution < 1.29 is 5.11 Å². The molecule has 1 N–H and O–H groups in total. The zero-order valence-corrected chi connectivity index (χ0v) is 9.26. The highest BCUT2D eigenvalue weighted by Gasteiger charge is 2.21. The summed E-state index contributed by atoms with van der Waals surface area (Å²) in [4.78, 5) is 2.39. The number of nitrogens with zero attached hydrogens (tertiary/aromatic N) is 3. The van der Waals surface area contributed by atoms with Crippen molar-refractivity contribution in [2.75, 3.05) is 19.7 Å². The molecule has 0 spiro atoms. The number of aryl methyl sites for hydroxylation is 1. The third kappa shape index (κ3) is 2.58. The van der Waals surface area contributed by atoms with E-state index >= 15 is 0 Å². The summed E-state index contributed by atoms with van der Waals surface area (Å²) in [5.74, 6) is 0.478. The number of aliphatic hydroxyl groups excluding tert-OH is 1. The molecule has 1 atom stereocenters. The van der Waals surface area contributed by atoms with Gasteiger partial charge in [-0.1, -0.05) is 0 Å². The average molecular weight is 209 g/mol. The summed E-state index contributed by atoms with van der Waals surface area (Å²) in [6.45, 7) is 6.44. The monoisotopic (exact) mass is 209 g/mol. The molecule has 1 unspecified atom stereocenters. The van der Waals surface area contributed by atoms with Crippen LogP contribution in [-0.4, -0.2) is 39.5 Å². The highest BCUT2D eigenvalue weighted by molar-refractivity contribution is 5.04. The van der Waals surface area contributed by atoms with E-state index in [1.54, 1.807) is 0 Å². The Morgan fingerprint density at radius 1 is 1.60 bits per heavy atom. The van der Waals surface area contributed by atoms with Gasteiger partial charge in [0, 0.05) is 38.0 Å². The second-order valence-electron chi connectivity index (χ2n) is 4.28. The molecule has 0 aromatic carbocycles. The Morgan fingerprint density at radius 3 is 3.07 bits per heavy atom. The summed E-state index contributed by atoms with van der Waals surface area (Å²) in [7, 11) is 0. The van der Waals surface area contributed by atoms with Crippen LogP contribution in [0.25, 0.3) is 0 Å². The van der Waals surface area contributed by atoms with Crippen LogP contribution in [0.15, 0.2) is 12.4 Å². The molecule has 2 heterocycles. The molecular formula is C11H19N3O. The predicted molar refractivity (Wildman–Crippen MR) is 58.4 cm³/mol. The van der Waals surface area contributed by atoms with Gasteiger partial charge in [0.15, 0.2) is 0 Å². The first-order chi connectivity index (χ1) is 7.31. The van der Waals surface area contributed by atoms with Crippen molar-refractivity contribution in [3.8, 4) is 0 Å². The normalized spacial score (nSPS) is 22.4. The number of likely N-dealkylation sites (tertiary alicyclic amines) is 1. The van der Waals surface area contributed by atoms with Crippen LogP contribution in [0.5, 0.6) is 0 Å². The van der Waals surface area contributed by atoms with Crippen LogP contribution in [0.4, 0.5) is 0 Å². The van der Waals surface area contributed by atoms with Gasteiger partial charge in [-0.3, -0.25) is 9.58 Å². The van der Waals surface area contributed by atoms with Crippen molar-refractivity contribution in [2.24, 2.45) is 5.92 Å². The minimum absolute atomic E-state index is 0.324. The smallest absolute Gasteiger partial charge is 0.0534 e.